The number of benzene rings is 2. The smallest absolute Gasteiger partial charge is 0.408 e. The van der Waals surface area contributed by atoms with Crippen molar-refractivity contribution in [2.24, 2.45) is 7.05 Å². The van der Waals surface area contributed by atoms with Gasteiger partial charge in [-0.25, -0.2) is 4.79 Å². The van der Waals surface area contributed by atoms with E-state index >= 15 is 0 Å². The maximum absolute atomic E-state index is 11.5. The van der Waals surface area contributed by atoms with Crippen molar-refractivity contribution in [3.05, 3.63) is 69.7 Å². The number of fused-ring (bicyclic) bond motifs is 1. The van der Waals surface area contributed by atoms with E-state index in [0.717, 1.165) is 11.1 Å². The maximum Gasteiger partial charge on any atom is 0.419 e. The van der Waals surface area contributed by atoms with Crippen LogP contribution in [0.3, 0.4) is 0 Å². The first-order valence-electron chi connectivity index (χ1n) is 6.37. The van der Waals surface area contributed by atoms with Crippen LogP contribution in [-0.2, 0) is 7.05 Å². The Balaban J connectivity index is 2.11. The molecule has 3 rings (SSSR count). The summed E-state index contributed by atoms with van der Waals surface area (Å²) in [5.41, 5.74) is 4.94. The molecule has 0 saturated carbocycles. The van der Waals surface area contributed by atoms with Gasteiger partial charge in [-0.3, -0.25) is 4.57 Å². The number of hydrogen-bond acceptors (Lipinski definition) is 2. The number of rotatable bonds is 2. The zero-order valence-corrected chi connectivity index (χ0v) is 12.8. The van der Waals surface area contributed by atoms with Crippen LogP contribution in [0.2, 0.25) is 0 Å². The number of nitrogens with zero attached hydrogens (tertiary/aromatic N) is 1. The van der Waals surface area contributed by atoms with E-state index in [0.29, 0.717) is 5.58 Å². The summed E-state index contributed by atoms with van der Waals surface area (Å²) < 4.78 is 6.75. The fourth-order valence-corrected chi connectivity index (χ4v) is 3.16. The molecular weight excluding hydrogens is 318 g/mol. The van der Waals surface area contributed by atoms with E-state index in [4.69, 9.17) is 4.42 Å². The van der Waals surface area contributed by atoms with Gasteiger partial charge in [0.25, 0.3) is 0 Å². The second-order valence-corrected chi connectivity index (χ2v) is 5.79. The third-order valence-electron chi connectivity index (χ3n) is 3.57. The molecule has 0 spiro atoms. The zero-order valence-electron chi connectivity index (χ0n) is 11.3. The number of aryl methyl sites for hydroxylation is 2. The number of halogens is 1. The Bertz CT molecular complexity index is 832. The lowest BCUT2D eigenvalue weighted by Crippen LogP contribution is -2.08. The van der Waals surface area contributed by atoms with Crippen LogP contribution in [0.1, 0.15) is 21.5 Å². The standard InChI is InChI=1S/C16H14BrNO2/c1-10-5-3-4-6-12(10)15(17)11-7-8-13-14(9-11)20-16(19)18(13)2/h3-9,15H,1-2H3. The van der Waals surface area contributed by atoms with Gasteiger partial charge >= 0.3 is 5.76 Å². The molecule has 3 nitrogen and oxygen atoms in total. The quantitative estimate of drug-likeness (QED) is 0.667. The maximum atomic E-state index is 11.5. The molecule has 1 atom stereocenters. The Labute approximate surface area is 125 Å². The minimum absolute atomic E-state index is 0.0820. The van der Waals surface area contributed by atoms with Crippen LogP contribution in [-0.4, -0.2) is 4.57 Å². The van der Waals surface area contributed by atoms with Gasteiger partial charge in [-0.05, 0) is 35.7 Å². The first-order chi connectivity index (χ1) is 9.58. The van der Waals surface area contributed by atoms with Crippen LogP contribution in [0.4, 0.5) is 0 Å². The lowest BCUT2D eigenvalue weighted by Gasteiger charge is -2.13. The largest absolute Gasteiger partial charge is 0.419 e. The monoisotopic (exact) mass is 331 g/mol. The van der Waals surface area contributed by atoms with E-state index in [1.165, 1.54) is 15.7 Å². The van der Waals surface area contributed by atoms with Crippen LogP contribution >= 0.6 is 15.9 Å². The van der Waals surface area contributed by atoms with E-state index in [9.17, 15) is 4.79 Å². The SMILES string of the molecule is Cc1ccccc1C(Br)c1ccc2c(c1)oc(=O)n2C. The molecule has 0 amide bonds. The normalized spacial score (nSPS) is 12.8. The summed E-state index contributed by atoms with van der Waals surface area (Å²) in [7, 11) is 1.71. The second-order valence-electron chi connectivity index (χ2n) is 4.87. The molecule has 1 aromatic heterocycles. The zero-order chi connectivity index (χ0) is 14.3. The van der Waals surface area contributed by atoms with Crippen molar-refractivity contribution in [2.75, 3.05) is 0 Å². The van der Waals surface area contributed by atoms with Crippen molar-refractivity contribution in [3.8, 4) is 0 Å². The van der Waals surface area contributed by atoms with Gasteiger partial charge in [-0.2, -0.15) is 0 Å². The third-order valence-corrected chi connectivity index (χ3v) is 4.59. The molecule has 102 valence electrons. The van der Waals surface area contributed by atoms with Crippen LogP contribution in [0.25, 0.3) is 11.1 Å². The Morgan fingerprint density at radius 3 is 2.70 bits per heavy atom. The Hall–Kier alpha value is -1.81. The van der Waals surface area contributed by atoms with Gasteiger partial charge in [-0.15, -0.1) is 0 Å². The topological polar surface area (TPSA) is 35.1 Å². The molecule has 0 N–H and O–H groups in total. The highest BCUT2D eigenvalue weighted by Gasteiger charge is 2.14. The van der Waals surface area contributed by atoms with Crippen LogP contribution in [0, 0.1) is 6.92 Å². The minimum Gasteiger partial charge on any atom is -0.408 e. The van der Waals surface area contributed by atoms with Crippen molar-refractivity contribution in [3.63, 3.8) is 0 Å². The molecular formula is C16H14BrNO2. The molecule has 2 aromatic carbocycles. The lowest BCUT2D eigenvalue weighted by molar-refractivity contribution is 0.528. The average Bonchev–Trinajstić information content (AvgIpc) is 2.73. The highest BCUT2D eigenvalue weighted by molar-refractivity contribution is 9.09. The molecule has 0 aliphatic rings. The van der Waals surface area contributed by atoms with Gasteiger partial charge in [0.2, 0.25) is 0 Å². The summed E-state index contributed by atoms with van der Waals surface area (Å²) in [6.45, 7) is 2.09. The Kier molecular flexibility index (Phi) is 3.26. The molecule has 0 aliphatic heterocycles. The van der Waals surface area contributed by atoms with Crippen molar-refractivity contribution >= 4 is 27.0 Å². The van der Waals surface area contributed by atoms with Crippen molar-refractivity contribution in [1.29, 1.82) is 0 Å². The molecule has 0 radical (unpaired) electrons. The molecule has 1 unspecified atom stereocenters. The number of aromatic nitrogens is 1. The van der Waals surface area contributed by atoms with Crippen molar-refractivity contribution in [1.82, 2.24) is 4.57 Å². The molecule has 20 heavy (non-hydrogen) atoms. The first-order valence-corrected chi connectivity index (χ1v) is 7.28. The fraction of sp³-hybridized carbons (Fsp3) is 0.188. The van der Waals surface area contributed by atoms with E-state index in [-0.39, 0.29) is 10.6 Å². The fourth-order valence-electron chi connectivity index (χ4n) is 2.36. The highest BCUT2D eigenvalue weighted by Crippen LogP contribution is 2.33. The van der Waals surface area contributed by atoms with Gasteiger partial charge in [0.15, 0.2) is 5.58 Å². The second kappa shape index (κ2) is 4.94. The summed E-state index contributed by atoms with van der Waals surface area (Å²) in [6.07, 6.45) is 0. The summed E-state index contributed by atoms with van der Waals surface area (Å²) in [4.78, 5) is 11.6. The summed E-state index contributed by atoms with van der Waals surface area (Å²) in [6, 6.07) is 14.1. The number of oxazole rings is 1. The minimum atomic E-state index is -0.334. The van der Waals surface area contributed by atoms with Crippen LogP contribution in [0.5, 0.6) is 0 Å². The van der Waals surface area contributed by atoms with Gasteiger partial charge < -0.3 is 4.42 Å². The van der Waals surface area contributed by atoms with Gasteiger partial charge in [0.1, 0.15) is 0 Å². The summed E-state index contributed by atoms with van der Waals surface area (Å²) in [5.74, 6) is -0.334. The third kappa shape index (κ3) is 2.10. The molecule has 1 heterocycles. The molecule has 0 saturated heterocycles. The summed E-state index contributed by atoms with van der Waals surface area (Å²) in [5, 5.41) is 0. The number of hydrogen-bond donors (Lipinski definition) is 0. The van der Waals surface area contributed by atoms with E-state index < -0.39 is 0 Å². The van der Waals surface area contributed by atoms with Crippen LogP contribution in [0.15, 0.2) is 51.7 Å². The predicted octanol–water partition coefficient (Wildman–Crippen LogP) is 3.92. The van der Waals surface area contributed by atoms with E-state index in [1.807, 2.05) is 30.3 Å². The average molecular weight is 332 g/mol. The lowest BCUT2D eigenvalue weighted by atomic mass is 10.0. The van der Waals surface area contributed by atoms with E-state index in [1.54, 1.807) is 7.05 Å². The summed E-state index contributed by atoms with van der Waals surface area (Å²) >= 11 is 3.73. The van der Waals surface area contributed by atoms with Gasteiger partial charge in [-0.1, -0.05) is 46.3 Å². The Morgan fingerprint density at radius 2 is 1.95 bits per heavy atom. The van der Waals surface area contributed by atoms with Gasteiger partial charge in [0, 0.05) is 7.05 Å². The van der Waals surface area contributed by atoms with Crippen LogP contribution < -0.4 is 5.76 Å². The first kappa shape index (κ1) is 13.2. The molecule has 0 aliphatic carbocycles. The molecule has 0 bridgehead atoms. The van der Waals surface area contributed by atoms with E-state index in [2.05, 4.69) is 35.0 Å². The van der Waals surface area contributed by atoms with Crippen molar-refractivity contribution in [2.45, 2.75) is 11.8 Å². The number of alkyl halides is 1. The highest BCUT2D eigenvalue weighted by atomic mass is 79.9. The molecule has 4 heteroatoms. The Morgan fingerprint density at radius 1 is 1.20 bits per heavy atom. The molecule has 0 fully saturated rings. The van der Waals surface area contributed by atoms with Crippen molar-refractivity contribution < 1.29 is 4.42 Å². The molecule has 3 aromatic rings. The predicted molar refractivity (Wildman–Crippen MR) is 83.4 cm³/mol. The van der Waals surface area contributed by atoms with Gasteiger partial charge in [0.05, 0.1) is 10.3 Å².